The van der Waals surface area contributed by atoms with Crippen molar-refractivity contribution in [1.82, 2.24) is 10.2 Å². The van der Waals surface area contributed by atoms with E-state index >= 15 is 0 Å². The topological polar surface area (TPSA) is 48.3 Å². The second-order valence-electron chi connectivity index (χ2n) is 4.94. The van der Waals surface area contributed by atoms with Crippen LogP contribution in [-0.4, -0.2) is 49.8 Å². The van der Waals surface area contributed by atoms with E-state index in [9.17, 15) is 0 Å². The lowest BCUT2D eigenvalue weighted by molar-refractivity contribution is 0.0132. The second-order valence-corrected chi connectivity index (χ2v) is 4.94. The third-order valence-corrected chi connectivity index (χ3v) is 3.66. The first-order valence-electron chi connectivity index (χ1n) is 6.57. The van der Waals surface area contributed by atoms with Crippen LogP contribution >= 0.6 is 0 Å². The first kappa shape index (κ1) is 14.4. The number of hydrogen-bond donors (Lipinski definition) is 1. The van der Waals surface area contributed by atoms with Crippen LogP contribution < -0.4 is 5.32 Å². The Hall–Kier alpha value is -0.630. The molecule has 4 heteroatoms. The Morgan fingerprint density at radius 1 is 1.47 bits per heavy atom. The molecule has 1 fully saturated rings. The molecule has 17 heavy (non-hydrogen) atoms. The minimum atomic E-state index is -0.392. The number of nitriles is 1. The molecule has 1 heterocycles. The van der Waals surface area contributed by atoms with E-state index in [2.05, 4.69) is 23.2 Å². The summed E-state index contributed by atoms with van der Waals surface area (Å²) in [5, 5.41) is 12.2. The fourth-order valence-electron chi connectivity index (χ4n) is 2.15. The van der Waals surface area contributed by atoms with Crippen molar-refractivity contribution in [3.05, 3.63) is 0 Å². The highest BCUT2D eigenvalue weighted by molar-refractivity contribution is 5.03. The van der Waals surface area contributed by atoms with E-state index in [4.69, 9.17) is 10.00 Å². The van der Waals surface area contributed by atoms with Gasteiger partial charge in [-0.1, -0.05) is 0 Å². The maximum atomic E-state index is 9.08. The van der Waals surface area contributed by atoms with Gasteiger partial charge in [0.1, 0.15) is 5.54 Å². The maximum absolute atomic E-state index is 9.08. The fraction of sp³-hybridized carbons (Fsp3) is 0.923. The average Bonchev–Trinajstić information content (AvgIpc) is 2.38. The molecule has 1 unspecified atom stereocenters. The highest BCUT2D eigenvalue weighted by Crippen LogP contribution is 2.16. The van der Waals surface area contributed by atoms with Gasteiger partial charge in [-0.2, -0.15) is 5.26 Å². The molecule has 1 aliphatic heterocycles. The number of ether oxygens (including phenoxy) is 1. The van der Waals surface area contributed by atoms with Crippen molar-refractivity contribution in [2.45, 2.75) is 44.8 Å². The third-order valence-electron chi connectivity index (χ3n) is 3.66. The third kappa shape index (κ3) is 4.63. The molecule has 1 saturated heterocycles. The summed E-state index contributed by atoms with van der Waals surface area (Å²) < 4.78 is 5.63. The lowest BCUT2D eigenvalue weighted by atomic mass is 9.99. The monoisotopic (exact) mass is 239 g/mol. The van der Waals surface area contributed by atoms with Crippen molar-refractivity contribution in [3.8, 4) is 6.07 Å². The number of piperidine rings is 1. The Bertz CT molecular complexity index is 256. The van der Waals surface area contributed by atoms with Crippen LogP contribution in [0, 0.1) is 11.3 Å². The van der Waals surface area contributed by atoms with Crippen LogP contribution in [-0.2, 0) is 4.74 Å². The molecule has 0 spiro atoms. The summed E-state index contributed by atoms with van der Waals surface area (Å²) in [6, 6.07) is 2.33. The molecule has 0 aromatic carbocycles. The maximum Gasteiger partial charge on any atom is 0.104 e. The highest BCUT2D eigenvalue weighted by Gasteiger charge is 2.24. The molecule has 1 rings (SSSR count). The van der Waals surface area contributed by atoms with E-state index < -0.39 is 5.54 Å². The zero-order chi connectivity index (χ0) is 12.7. The van der Waals surface area contributed by atoms with E-state index in [1.54, 1.807) is 0 Å². The van der Waals surface area contributed by atoms with E-state index in [0.29, 0.717) is 6.10 Å². The van der Waals surface area contributed by atoms with Crippen LogP contribution in [0.15, 0.2) is 0 Å². The lowest BCUT2D eigenvalue weighted by Gasteiger charge is -2.33. The molecule has 0 amide bonds. The summed E-state index contributed by atoms with van der Waals surface area (Å²) in [6.45, 7) is 8.00. The molecule has 0 saturated carbocycles. The first-order chi connectivity index (χ1) is 8.13. The van der Waals surface area contributed by atoms with Gasteiger partial charge < -0.3 is 15.0 Å². The van der Waals surface area contributed by atoms with Gasteiger partial charge >= 0.3 is 0 Å². The second kappa shape index (κ2) is 6.95. The summed E-state index contributed by atoms with van der Waals surface area (Å²) in [6.07, 6.45) is 3.56. The van der Waals surface area contributed by atoms with Crippen LogP contribution in [0.5, 0.6) is 0 Å². The molecule has 0 bridgehead atoms. The SMILES string of the molecule is CCOC1CCN(CCC(C)(C#N)NC)CC1. The summed E-state index contributed by atoms with van der Waals surface area (Å²) in [5.41, 5.74) is -0.392. The van der Waals surface area contributed by atoms with Gasteiger partial charge in [0.2, 0.25) is 0 Å². The minimum absolute atomic E-state index is 0.392. The fourth-order valence-corrected chi connectivity index (χ4v) is 2.15. The molecular weight excluding hydrogens is 214 g/mol. The average molecular weight is 239 g/mol. The van der Waals surface area contributed by atoms with E-state index in [0.717, 1.165) is 45.5 Å². The van der Waals surface area contributed by atoms with Crippen LogP contribution in [0.4, 0.5) is 0 Å². The summed E-state index contributed by atoms with van der Waals surface area (Å²) in [7, 11) is 1.85. The van der Waals surface area contributed by atoms with E-state index in [1.165, 1.54) is 0 Å². The number of nitrogens with zero attached hydrogens (tertiary/aromatic N) is 2. The van der Waals surface area contributed by atoms with Crippen molar-refractivity contribution in [1.29, 1.82) is 5.26 Å². The van der Waals surface area contributed by atoms with Gasteiger partial charge in [-0.25, -0.2) is 0 Å². The molecule has 0 aromatic heterocycles. The molecule has 98 valence electrons. The van der Waals surface area contributed by atoms with Crippen molar-refractivity contribution in [2.75, 3.05) is 33.3 Å². The van der Waals surface area contributed by atoms with E-state index in [1.807, 2.05) is 14.0 Å². The van der Waals surface area contributed by atoms with Gasteiger partial charge in [0.15, 0.2) is 0 Å². The van der Waals surface area contributed by atoms with E-state index in [-0.39, 0.29) is 0 Å². The van der Waals surface area contributed by atoms with Crippen LogP contribution in [0.1, 0.15) is 33.1 Å². The highest BCUT2D eigenvalue weighted by atomic mass is 16.5. The number of likely N-dealkylation sites (tertiary alicyclic amines) is 1. The molecule has 0 radical (unpaired) electrons. The Morgan fingerprint density at radius 2 is 2.12 bits per heavy atom. The zero-order valence-corrected chi connectivity index (χ0v) is 11.3. The number of rotatable bonds is 6. The van der Waals surface area contributed by atoms with Gasteiger partial charge in [-0.05, 0) is 40.2 Å². The Morgan fingerprint density at radius 3 is 2.59 bits per heavy atom. The quantitative estimate of drug-likeness (QED) is 0.761. The van der Waals surface area contributed by atoms with Crippen molar-refractivity contribution in [3.63, 3.8) is 0 Å². The largest absolute Gasteiger partial charge is 0.378 e. The summed E-state index contributed by atoms with van der Waals surface area (Å²) in [5.74, 6) is 0. The van der Waals surface area contributed by atoms with Gasteiger partial charge in [-0.15, -0.1) is 0 Å². The predicted molar refractivity (Wildman–Crippen MR) is 68.8 cm³/mol. The Kier molecular flexibility index (Phi) is 5.90. The van der Waals surface area contributed by atoms with Gasteiger partial charge in [0.25, 0.3) is 0 Å². The Labute approximate surface area is 105 Å². The molecular formula is C13H25N3O. The van der Waals surface area contributed by atoms with Gasteiger partial charge in [-0.3, -0.25) is 0 Å². The lowest BCUT2D eigenvalue weighted by Crippen LogP contribution is -2.44. The van der Waals surface area contributed by atoms with Crippen molar-refractivity contribution < 1.29 is 4.74 Å². The molecule has 1 atom stereocenters. The number of nitrogens with one attached hydrogen (secondary N) is 1. The summed E-state index contributed by atoms with van der Waals surface area (Å²) in [4.78, 5) is 2.43. The Balaban J connectivity index is 2.25. The smallest absolute Gasteiger partial charge is 0.104 e. The van der Waals surface area contributed by atoms with Crippen molar-refractivity contribution >= 4 is 0 Å². The molecule has 1 N–H and O–H groups in total. The van der Waals surface area contributed by atoms with Crippen LogP contribution in [0.3, 0.4) is 0 Å². The molecule has 0 aromatic rings. The van der Waals surface area contributed by atoms with Crippen molar-refractivity contribution in [2.24, 2.45) is 0 Å². The molecule has 4 nitrogen and oxygen atoms in total. The first-order valence-corrected chi connectivity index (χ1v) is 6.57. The standard InChI is InChI=1S/C13H25N3O/c1-4-17-12-5-8-16(9-6-12)10-7-13(2,11-14)15-3/h12,15H,4-10H2,1-3H3. The predicted octanol–water partition coefficient (Wildman–Crippen LogP) is 1.38. The van der Waals surface area contributed by atoms with Gasteiger partial charge in [0, 0.05) is 26.2 Å². The normalized spacial score (nSPS) is 22.0. The zero-order valence-electron chi connectivity index (χ0n) is 11.3. The van der Waals surface area contributed by atoms with Crippen LogP contribution in [0.2, 0.25) is 0 Å². The van der Waals surface area contributed by atoms with Crippen LogP contribution in [0.25, 0.3) is 0 Å². The molecule has 0 aliphatic carbocycles. The summed E-state index contributed by atoms with van der Waals surface area (Å²) >= 11 is 0. The van der Waals surface area contributed by atoms with Gasteiger partial charge in [0.05, 0.1) is 12.2 Å². The number of hydrogen-bond acceptors (Lipinski definition) is 4. The molecule has 1 aliphatic rings. The minimum Gasteiger partial charge on any atom is -0.378 e.